The van der Waals surface area contributed by atoms with Gasteiger partial charge in [-0.05, 0) is 26.3 Å². The molecule has 2 N–H and O–H groups in total. The molecule has 80 valence electrons. The lowest BCUT2D eigenvalue weighted by Crippen LogP contribution is -2.65. The van der Waals surface area contributed by atoms with Crippen LogP contribution in [0.25, 0.3) is 0 Å². The van der Waals surface area contributed by atoms with Crippen molar-refractivity contribution in [1.82, 2.24) is 10.2 Å². The molecule has 2 rings (SSSR count). The van der Waals surface area contributed by atoms with E-state index in [4.69, 9.17) is 0 Å². The molecule has 0 spiro atoms. The average molecular weight is 198 g/mol. The van der Waals surface area contributed by atoms with E-state index >= 15 is 0 Å². The molecule has 1 amide bonds. The number of hydrogen-bond acceptors (Lipinski definition) is 3. The molecular formula is C10H18N2O2. The van der Waals surface area contributed by atoms with Gasteiger partial charge in [-0.15, -0.1) is 0 Å². The van der Waals surface area contributed by atoms with Crippen LogP contribution in [0.3, 0.4) is 0 Å². The van der Waals surface area contributed by atoms with Crippen LogP contribution < -0.4 is 5.32 Å². The molecule has 0 unspecified atom stereocenters. The quantitative estimate of drug-likeness (QED) is 0.609. The van der Waals surface area contributed by atoms with Gasteiger partial charge in [0.1, 0.15) is 0 Å². The molecular weight excluding hydrogens is 180 g/mol. The number of carbonyl (C=O) groups excluding carboxylic acids is 1. The summed E-state index contributed by atoms with van der Waals surface area (Å²) in [5.41, 5.74) is -0.648. The fourth-order valence-electron chi connectivity index (χ4n) is 2.21. The Morgan fingerprint density at radius 1 is 1.50 bits per heavy atom. The molecule has 0 aliphatic carbocycles. The largest absolute Gasteiger partial charge is 0.386 e. The number of aliphatic hydroxyl groups is 1. The molecule has 4 heteroatoms. The van der Waals surface area contributed by atoms with Gasteiger partial charge in [0.2, 0.25) is 5.91 Å². The molecule has 1 atom stereocenters. The molecule has 2 saturated heterocycles. The van der Waals surface area contributed by atoms with Crippen molar-refractivity contribution in [2.24, 2.45) is 0 Å². The second kappa shape index (κ2) is 3.51. The Labute approximate surface area is 84.3 Å². The Morgan fingerprint density at radius 2 is 2.21 bits per heavy atom. The van der Waals surface area contributed by atoms with Gasteiger partial charge in [-0.2, -0.15) is 0 Å². The number of likely N-dealkylation sites (tertiary alicyclic amines) is 1. The molecule has 2 fully saturated rings. The summed E-state index contributed by atoms with van der Waals surface area (Å²) >= 11 is 0. The van der Waals surface area contributed by atoms with E-state index in [-0.39, 0.29) is 11.9 Å². The molecule has 0 aromatic carbocycles. The maximum Gasteiger partial charge on any atom is 0.239 e. The highest BCUT2D eigenvalue weighted by molar-refractivity contribution is 5.83. The molecule has 0 saturated carbocycles. The Bertz CT molecular complexity index is 226. The number of hydrogen-bond donors (Lipinski definition) is 2. The van der Waals surface area contributed by atoms with Crippen molar-refractivity contribution in [3.05, 3.63) is 0 Å². The number of rotatable bonds is 1. The van der Waals surface area contributed by atoms with Crippen molar-refractivity contribution >= 4 is 5.91 Å². The zero-order valence-corrected chi connectivity index (χ0v) is 8.62. The minimum Gasteiger partial charge on any atom is -0.386 e. The fourth-order valence-corrected chi connectivity index (χ4v) is 2.21. The van der Waals surface area contributed by atoms with Crippen molar-refractivity contribution in [2.75, 3.05) is 19.6 Å². The Hall–Kier alpha value is -0.610. The van der Waals surface area contributed by atoms with Gasteiger partial charge < -0.3 is 15.3 Å². The lowest BCUT2D eigenvalue weighted by molar-refractivity contribution is -0.155. The standard InChI is InChI=1S/C10H18N2O2/c1-10(14)6-12(7-10)9(13)8-4-2-3-5-11-8/h8,11,14H,2-7H2,1H3/t8-/m1/s1. The van der Waals surface area contributed by atoms with Crippen molar-refractivity contribution in [1.29, 1.82) is 0 Å². The van der Waals surface area contributed by atoms with E-state index in [1.54, 1.807) is 11.8 Å². The lowest BCUT2D eigenvalue weighted by Gasteiger charge is -2.45. The van der Waals surface area contributed by atoms with Gasteiger partial charge in [-0.1, -0.05) is 6.42 Å². The highest BCUT2D eigenvalue weighted by Gasteiger charge is 2.41. The van der Waals surface area contributed by atoms with Gasteiger partial charge in [0.25, 0.3) is 0 Å². The van der Waals surface area contributed by atoms with Gasteiger partial charge in [0.15, 0.2) is 0 Å². The van der Waals surface area contributed by atoms with Gasteiger partial charge in [-0.25, -0.2) is 0 Å². The highest BCUT2D eigenvalue weighted by atomic mass is 16.3. The minimum atomic E-state index is -0.648. The van der Waals surface area contributed by atoms with Gasteiger partial charge >= 0.3 is 0 Å². The summed E-state index contributed by atoms with van der Waals surface area (Å²) in [5, 5.41) is 12.7. The number of amides is 1. The number of piperidine rings is 1. The van der Waals surface area contributed by atoms with Crippen LogP contribution in [0.5, 0.6) is 0 Å². The molecule has 0 aromatic heterocycles. The topological polar surface area (TPSA) is 52.6 Å². The predicted molar refractivity (Wildman–Crippen MR) is 52.8 cm³/mol. The van der Waals surface area contributed by atoms with Crippen molar-refractivity contribution < 1.29 is 9.90 Å². The first-order valence-corrected chi connectivity index (χ1v) is 5.33. The van der Waals surface area contributed by atoms with Gasteiger partial charge in [-0.3, -0.25) is 4.79 Å². The van der Waals surface area contributed by atoms with Crippen LogP contribution in [-0.4, -0.2) is 47.2 Å². The maximum atomic E-state index is 11.8. The third kappa shape index (κ3) is 1.91. The lowest BCUT2D eigenvalue weighted by atomic mass is 9.94. The van der Waals surface area contributed by atoms with Crippen LogP contribution in [-0.2, 0) is 4.79 Å². The second-order valence-electron chi connectivity index (χ2n) is 4.69. The Balaban J connectivity index is 1.84. The summed E-state index contributed by atoms with van der Waals surface area (Å²) < 4.78 is 0. The van der Waals surface area contributed by atoms with E-state index in [0.29, 0.717) is 13.1 Å². The van der Waals surface area contributed by atoms with Gasteiger partial charge in [0.05, 0.1) is 24.7 Å². The Morgan fingerprint density at radius 3 is 2.71 bits per heavy atom. The van der Waals surface area contributed by atoms with Crippen LogP contribution in [0.2, 0.25) is 0 Å². The number of nitrogens with one attached hydrogen (secondary N) is 1. The monoisotopic (exact) mass is 198 g/mol. The highest BCUT2D eigenvalue weighted by Crippen LogP contribution is 2.22. The minimum absolute atomic E-state index is 0.000139. The number of β-amino-alcohol motifs (C(OH)–C–C–N with tert-alkyl or cyclic N) is 1. The first kappa shape index (κ1) is 9.93. The zero-order chi connectivity index (χ0) is 10.2. The number of carbonyl (C=O) groups is 1. The summed E-state index contributed by atoms with van der Waals surface area (Å²) in [4.78, 5) is 13.6. The first-order chi connectivity index (χ1) is 6.58. The summed E-state index contributed by atoms with van der Waals surface area (Å²) in [6.45, 7) is 3.69. The van der Waals surface area contributed by atoms with Crippen LogP contribution in [0, 0.1) is 0 Å². The van der Waals surface area contributed by atoms with Crippen LogP contribution in [0.1, 0.15) is 26.2 Å². The van der Waals surface area contributed by atoms with Crippen molar-refractivity contribution in [3.63, 3.8) is 0 Å². The van der Waals surface area contributed by atoms with Gasteiger partial charge in [0, 0.05) is 0 Å². The maximum absolute atomic E-state index is 11.8. The predicted octanol–water partition coefficient (Wildman–Crippen LogP) is -0.278. The SMILES string of the molecule is CC1(O)CN(C(=O)[C@H]2CCCCN2)C1. The molecule has 2 aliphatic rings. The molecule has 0 bridgehead atoms. The van der Waals surface area contributed by atoms with Crippen LogP contribution >= 0.6 is 0 Å². The van der Waals surface area contributed by atoms with Crippen LogP contribution in [0.15, 0.2) is 0 Å². The van der Waals surface area contributed by atoms with Crippen LogP contribution in [0.4, 0.5) is 0 Å². The normalized spacial score (nSPS) is 31.0. The smallest absolute Gasteiger partial charge is 0.239 e. The van der Waals surface area contributed by atoms with E-state index in [9.17, 15) is 9.90 Å². The fraction of sp³-hybridized carbons (Fsp3) is 0.900. The molecule has 14 heavy (non-hydrogen) atoms. The summed E-state index contributed by atoms with van der Waals surface area (Å²) in [5.74, 6) is 0.163. The molecule has 4 nitrogen and oxygen atoms in total. The molecule has 2 aliphatic heterocycles. The molecule has 2 heterocycles. The van der Waals surface area contributed by atoms with E-state index in [0.717, 1.165) is 19.4 Å². The summed E-state index contributed by atoms with van der Waals surface area (Å²) in [6.07, 6.45) is 3.24. The van der Waals surface area contributed by atoms with E-state index in [2.05, 4.69) is 5.32 Å². The third-order valence-corrected chi connectivity index (χ3v) is 2.98. The van der Waals surface area contributed by atoms with E-state index < -0.39 is 5.60 Å². The Kier molecular flexibility index (Phi) is 2.49. The summed E-state index contributed by atoms with van der Waals surface area (Å²) in [6, 6.07) is -0.000139. The third-order valence-electron chi connectivity index (χ3n) is 2.98. The van der Waals surface area contributed by atoms with Crippen molar-refractivity contribution in [2.45, 2.75) is 37.8 Å². The second-order valence-corrected chi connectivity index (χ2v) is 4.69. The van der Waals surface area contributed by atoms with E-state index in [1.807, 2.05) is 0 Å². The molecule has 0 radical (unpaired) electrons. The van der Waals surface area contributed by atoms with E-state index in [1.165, 1.54) is 6.42 Å². The first-order valence-electron chi connectivity index (χ1n) is 5.33. The average Bonchev–Trinajstić information content (AvgIpc) is 2.14. The molecule has 0 aromatic rings. The van der Waals surface area contributed by atoms with Crippen molar-refractivity contribution in [3.8, 4) is 0 Å². The zero-order valence-electron chi connectivity index (χ0n) is 8.62. The summed E-state index contributed by atoms with van der Waals surface area (Å²) in [7, 11) is 0. The number of nitrogens with zero attached hydrogens (tertiary/aromatic N) is 1.